The van der Waals surface area contributed by atoms with Gasteiger partial charge in [0.25, 0.3) is 0 Å². The monoisotopic (exact) mass is 451 g/mol. The molecule has 2 N–H and O–H groups in total. The van der Waals surface area contributed by atoms with E-state index < -0.39 is 0 Å². The number of hydrogen-bond acceptors (Lipinski definition) is 4. The fourth-order valence-electron chi connectivity index (χ4n) is 3.40. The first-order chi connectivity index (χ1) is 14.1. The number of nitrogens with zero attached hydrogens (tertiary/aromatic N) is 2. The number of halogens is 1. The van der Waals surface area contributed by atoms with Crippen LogP contribution in [0.2, 0.25) is 0 Å². The van der Waals surface area contributed by atoms with Gasteiger partial charge in [-0.15, -0.1) is 0 Å². The lowest BCUT2D eigenvalue weighted by atomic mass is 10.1. The van der Waals surface area contributed by atoms with Crippen molar-refractivity contribution in [3.63, 3.8) is 0 Å². The van der Waals surface area contributed by atoms with Crippen molar-refractivity contribution in [3.05, 3.63) is 77.0 Å². The molecule has 2 heterocycles. The summed E-state index contributed by atoms with van der Waals surface area (Å²) in [6.45, 7) is 3.08. The quantitative estimate of drug-likeness (QED) is 0.462. The maximum atomic E-state index is 12.5. The van der Waals surface area contributed by atoms with Crippen molar-refractivity contribution in [1.29, 1.82) is 0 Å². The van der Waals surface area contributed by atoms with Crippen LogP contribution < -0.4 is 10.6 Å². The molecular weight excluding hydrogens is 430 g/mol. The van der Waals surface area contributed by atoms with E-state index in [1.54, 1.807) is 12.2 Å². The molecule has 0 radical (unpaired) electrons. The average molecular weight is 452 g/mol. The Labute approximate surface area is 178 Å². The predicted molar refractivity (Wildman–Crippen MR) is 121 cm³/mol. The molecule has 0 bridgehead atoms. The number of nitrogens with two attached hydrogens (primary N) is 1. The summed E-state index contributed by atoms with van der Waals surface area (Å²) in [4.78, 5) is 16.7. The van der Waals surface area contributed by atoms with Gasteiger partial charge in [0.2, 0.25) is 5.91 Å². The van der Waals surface area contributed by atoms with Gasteiger partial charge in [-0.05, 0) is 64.5 Å². The van der Waals surface area contributed by atoms with Crippen molar-refractivity contribution in [3.8, 4) is 11.3 Å². The Bertz CT molecular complexity index is 1020. The Kier molecular flexibility index (Phi) is 5.71. The lowest BCUT2D eigenvalue weighted by Gasteiger charge is -2.35. The Balaban J connectivity index is 1.36. The molecule has 0 unspecified atom stereocenters. The summed E-state index contributed by atoms with van der Waals surface area (Å²) in [5.41, 5.74) is 8.59. The zero-order chi connectivity index (χ0) is 20.2. The van der Waals surface area contributed by atoms with Crippen LogP contribution in [-0.2, 0) is 4.79 Å². The lowest BCUT2D eigenvalue weighted by Crippen LogP contribution is -2.48. The van der Waals surface area contributed by atoms with E-state index in [2.05, 4.69) is 33.0 Å². The summed E-state index contributed by atoms with van der Waals surface area (Å²) in [5.74, 6) is 1.37. The number of piperazine rings is 1. The van der Waals surface area contributed by atoms with Crippen LogP contribution in [0.1, 0.15) is 5.76 Å². The molecule has 0 spiro atoms. The summed E-state index contributed by atoms with van der Waals surface area (Å²) in [6.07, 6.45) is 3.30. The van der Waals surface area contributed by atoms with Crippen molar-refractivity contribution >= 4 is 39.3 Å². The first kappa shape index (κ1) is 19.3. The van der Waals surface area contributed by atoms with Crippen LogP contribution >= 0.6 is 15.9 Å². The number of amides is 1. The fourth-order valence-corrected chi connectivity index (χ4v) is 3.99. The largest absolute Gasteiger partial charge is 0.457 e. The highest BCUT2D eigenvalue weighted by Gasteiger charge is 2.19. The van der Waals surface area contributed by atoms with Crippen molar-refractivity contribution in [2.45, 2.75) is 0 Å². The molecule has 0 saturated carbocycles. The van der Waals surface area contributed by atoms with Crippen LogP contribution in [0.25, 0.3) is 17.4 Å². The second-order valence-corrected chi connectivity index (χ2v) is 7.78. The maximum Gasteiger partial charge on any atom is 0.246 e. The molecule has 1 aromatic heterocycles. The van der Waals surface area contributed by atoms with Gasteiger partial charge in [0, 0.05) is 53.7 Å². The Hall–Kier alpha value is -2.99. The molecule has 5 nitrogen and oxygen atoms in total. The van der Waals surface area contributed by atoms with E-state index in [1.807, 2.05) is 53.4 Å². The topological polar surface area (TPSA) is 62.7 Å². The van der Waals surface area contributed by atoms with Gasteiger partial charge in [0.05, 0.1) is 0 Å². The van der Waals surface area contributed by atoms with Crippen LogP contribution in [-0.4, -0.2) is 37.0 Å². The number of nitrogen functional groups attached to an aromatic ring is 1. The molecule has 29 heavy (non-hydrogen) atoms. The highest BCUT2D eigenvalue weighted by molar-refractivity contribution is 9.10. The molecule has 6 heteroatoms. The van der Waals surface area contributed by atoms with E-state index in [9.17, 15) is 4.79 Å². The predicted octanol–water partition coefficient (Wildman–Crippen LogP) is 4.65. The van der Waals surface area contributed by atoms with Gasteiger partial charge >= 0.3 is 0 Å². The van der Waals surface area contributed by atoms with E-state index >= 15 is 0 Å². The molecular formula is C23H22BrN3O2. The van der Waals surface area contributed by atoms with Gasteiger partial charge in [0.15, 0.2) is 0 Å². The summed E-state index contributed by atoms with van der Waals surface area (Å²) in [5, 5.41) is 0. The second-order valence-electron chi connectivity index (χ2n) is 6.92. The Morgan fingerprint density at radius 3 is 2.48 bits per heavy atom. The molecule has 1 saturated heterocycles. The molecule has 0 aliphatic carbocycles. The zero-order valence-corrected chi connectivity index (χ0v) is 17.5. The standard InChI is InChI=1S/C23H22BrN3O2/c24-21-16-17(25)6-9-20(21)22-10-7-19(29-22)8-11-23(28)27-14-12-26(13-15-27)18-4-2-1-3-5-18/h1-11,16H,12-15,25H2/b11-8+. The minimum atomic E-state index is 0.00401. The maximum absolute atomic E-state index is 12.5. The van der Waals surface area contributed by atoms with E-state index in [0.717, 1.165) is 28.9 Å². The van der Waals surface area contributed by atoms with Crippen LogP contribution in [0.15, 0.2) is 75.6 Å². The van der Waals surface area contributed by atoms with Gasteiger partial charge in [-0.3, -0.25) is 4.79 Å². The molecule has 0 atom stereocenters. The summed E-state index contributed by atoms with van der Waals surface area (Å²) in [6, 6.07) is 19.6. The van der Waals surface area contributed by atoms with E-state index in [1.165, 1.54) is 5.69 Å². The van der Waals surface area contributed by atoms with Gasteiger partial charge in [0.1, 0.15) is 11.5 Å². The highest BCUT2D eigenvalue weighted by Crippen LogP contribution is 2.31. The SMILES string of the molecule is Nc1ccc(-c2ccc(/C=C/C(=O)N3CCN(c4ccccc4)CC3)o2)c(Br)c1. The molecule has 1 amide bonds. The number of hydrogen-bond donors (Lipinski definition) is 1. The van der Waals surface area contributed by atoms with E-state index in [0.29, 0.717) is 24.5 Å². The first-order valence-corrected chi connectivity index (χ1v) is 10.3. The third kappa shape index (κ3) is 4.54. The summed E-state index contributed by atoms with van der Waals surface area (Å²) >= 11 is 3.51. The Morgan fingerprint density at radius 1 is 1.00 bits per heavy atom. The minimum Gasteiger partial charge on any atom is -0.457 e. The van der Waals surface area contributed by atoms with Gasteiger partial charge in [-0.25, -0.2) is 0 Å². The number of para-hydroxylation sites is 1. The van der Waals surface area contributed by atoms with E-state index in [-0.39, 0.29) is 5.91 Å². The third-order valence-electron chi connectivity index (χ3n) is 4.99. The van der Waals surface area contributed by atoms with Crippen LogP contribution in [0, 0.1) is 0 Å². The van der Waals surface area contributed by atoms with Gasteiger partial charge in [-0.2, -0.15) is 0 Å². The Morgan fingerprint density at radius 2 is 1.76 bits per heavy atom. The van der Waals surface area contributed by atoms with E-state index in [4.69, 9.17) is 10.2 Å². The number of benzene rings is 2. The number of furan rings is 1. The summed E-state index contributed by atoms with van der Waals surface area (Å²) < 4.78 is 6.74. The molecule has 1 aliphatic rings. The van der Waals surface area contributed by atoms with Crippen LogP contribution in [0.5, 0.6) is 0 Å². The molecule has 1 aliphatic heterocycles. The number of carbonyl (C=O) groups is 1. The smallest absolute Gasteiger partial charge is 0.246 e. The third-order valence-corrected chi connectivity index (χ3v) is 5.64. The number of rotatable bonds is 4. The van der Waals surface area contributed by atoms with Crippen molar-refractivity contribution < 1.29 is 9.21 Å². The van der Waals surface area contributed by atoms with Crippen molar-refractivity contribution in [2.24, 2.45) is 0 Å². The van der Waals surface area contributed by atoms with Crippen LogP contribution in [0.4, 0.5) is 11.4 Å². The highest BCUT2D eigenvalue weighted by atomic mass is 79.9. The molecule has 148 valence electrons. The first-order valence-electron chi connectivity index (χ1n) is 9.52. The van der Waals surface area contributed by atoms with Gasteiger partial charge < -0.3 is 20.0 Å². The molecule has 4 rings (SSSR count). The van der Waals surface area contributed by atoms with Crippen LogP contribution in [0.3, 0.4) is 0 Å². The zero-order valence-electron chi connectivity index (χ0n) is 15.9. The minimum absolute atomic E-state index is 0.00401. The number of anilines is 2. The normalized spacial score (nSPS) is 14.5. The van der Waals surface area contributed by atoms with Crippen molar-refractivity contribution in [2.75, 3.05) is 36.8 Å². The lowest BCUT2D eigenvalue weighted by molar-refractivity contribution is -0.126. The molecule has 1 fully saturated rings. The average Bonchev–Trinajstić information content (AvgIpc) is 3.21. The van der Waals surface area contributed by atoms with Gasteiger partial charge in [-0.1, -0.05) is 18.2 Å². The summed E-state index contributed by atoms with van der Waals surface area (Å²) in [7, 11) is 0. The van der Waals surface area contributed by atoms with Crippen molar-refractivity contribution in [1.82, 2.24) is 4.90 Å². The fraction of sp³-hybridized carbons (Fsp3) is 0.174. The number of carbonyl (C=O) groups excluding carboxylic acids is 1. The second kappa shape index (κ2) is 8.57. The molecule has 3 aromatic rings. The molecule has 2 aromatic carbocycles.